The SMILES string of the molecule is Cc1cc(C)c(Oc2nccc(C)c2C#N)c([N+](=O)[O-])c1. The molecule has 6 heteroatoms. The van der Waals surface area contributed by atoms with Crippen LogP contribution in [0.1, 0.15) is 22.3 Å². The van der Waals surface area contributed by atoms with E-state index in [2.05, 4.69) is 4.98 Å². The van der Waals surface area contributed by atoms with E-state index in [0.29, 0.717) is 11.1 Å². The maximum absolute atomic E-state index is 11.2. The van der Waals surface area contributed by atoms with Gasteiger partial charge >= 0.3 is 5.69 Å². The van der Waals surface area contributed by atoms with Gasteiger partial charge in [0.15, 0.2) is 0 Å². The van der Waals surface area contributed by atoms with E-state index in [9.17, 15) is 10.1 Å². The number of hydrogen-bond donors (Lipinski definition) is 0. The molecule has 0 aliphatic rings. The van der Waals surface area contributed by atoms with Crippen molar-refractivity contribution in [2.24, 2.45) is 0 Å². The van der Waals surface area contributed by atoms with Crippen molar-refractivity contribution in [3.8, 4) is 17.7 Å². The molecule has 1 aromatic heterocycles. The number of aryl methyl sites for hydroxylation is 3. The number of ether oxygens (including phenoxy) is 1. The fourth-order valence-corrected chi connectivity index (χ4v) is 2.04. The van der Waals surface area contributed by atoms with Crippen LogP contribution in [-0.2, 0) is 0 Å². The maximum Gasteiger partial charge on any atom is 0.312 e. The summed E-state index contributed by atoms with van der Waals surface area (Å²) in [5, 5.41) is 20.3. The predicted octanol–water partition coefficient (Wildman–Crippen LogP) is 3.58. The number of benzene rings is 1. The first-order chi connectivity index (χ1) is 9.93. The zero-order chi connectivity index (χ0) is 15.6. The van der Waals surface area contributed by atoms with Gasteiger partial charge in [-0.25, -0.2) is 4.98 Å². The maximum atomic E-state index is 11.2. The number of pyridine rings is 1. The van der Waals surface area contributed by atoms with Crippen LogP contribution in [0.5, 0.6) is 11.6 Å². The third kappa shape index (κ3) is 2.82. The second kappa shape index (κ2) is 5.59. The van der Waals surface area contributed by atoms with Crippen LogP contribution in [0, 0.1) is 42.2 Å². The summed E-state index contributed by atoms with van der Waals surface area (Å²) >= 11 is 0. The third-order valence-electron chi connectivity index (χ3n) is 3.03. The van der Waals surface area contributed by atoms with Crippen LogP contribution in [0.2, 0.25) is 0 Å². The van der Waals surface area contributed by atoms with Crippen molar-refractivity contribution in [1.29, 1.82) is 5.26 Å². The largest absolute Gasteiger partial charge is 0.430 e. The van der Waals surface area contributed by atoms with E-state index in [-0.39, 0.29) is 22.9 Å². The number of aromatic nitrogens is 1. The lowest BCUT2D eigenvalue weighted by Gasteiger charge is -2.11. The zero-order valence-corrected chi connectivity index (χ0v) is 11.9. The first kappa shape index (κ1) is 14.5. The molecule has 1 heterocycles. The van der Waals surface area contributed by atoms with Crippen LogP contribution >= 0.6 is 0 Å². The molecule has 0 saturated carbocycles. The summed E-state index contributed by atoms with van der Waals surface area (Å²) < 4.78 is 5.58. The van der Waals surface area contributed by atoms with Crippen molar-refractivity contribution in [2.45, 2.75) is 20.8 Å². The number of nitriles is 1. The molecule has 0 unspecified atom stereocenters. The summed E-state index contributed by atoms with van der Waals surface area (Å²) in [6.45, 7) is 5.25. The van der Waals surface area contributed by atoms with Gasteiger partial charge in [-0.15, -0.1) is 0 Å². The van der Waals surface area contributed by atoms with Gasteiger partial charge in [0.1, 0.15) is 11.6 Å². The Balaban J connectivity index is 2.58. The van der Waals surface area contributed by atoms with Gasteiger partial charge in [0.2, 0.25) is 11.6 Å². The molecule has 2 rings (SSSR count). The van der Waals surface area contributed by atoms with Crippen molar-refractivity contribution in [1.82, 2.24) is 4.98 Å². The number of hydrogen-bond acceptors (Lipinski definition) is 5. The molecule has 0 atom stereocenters. The molecule has 0 spiro atoms. The van der Waals surface area contributed by atoms with E-state index in [1.165, 1.54) is 12.3 Å². The van der Waals surface area contributed by atoms with Crippen LogP contribution in [0.15, 0.2) is 24.4 Å². The Morgan fingerprint density at radius 1 is 1.29 bits per heavy atom. The molecular weight excluding hydrogens is 270 g/mol. The standard InChI is InChI=1S/C15H13N3O3/c1-9-6-11(3)14(13(7-9)18(19)20)21-15-12(8-16)10(2)4-5-17-15/h4-7H,1-3H3. The molecule has 106 valence electrons. The molecule has 6 nitrogen and oxygen atoms in total. The molecule has 0 saturated heterocycles. The van der Waals surface area contributed by atoms with Gasteiger partial charge in [-0.3, -0.25) is 10.1 Å². The molecule has 0 N–H and O–H groups in total. The minimum absolute atomic E-state index is 0.0764. The van der Waals surface area contributed by atoms with Crippen LogP contribution in [0.4, 0.5) is 5.69 Å². The van der Waals surface area contributed by atoms with Crippen LogP contribution < -0.4 is 4.74 Å². The van der Waals surface area contributed by atoms with Crippen molar-refractivity contribution in [2.75, 3.05) is 0 Å². The molecule has 0 amide bonds. The average molecular weight is 283 g/mol. The second-order valence-corrected chi connectivity index (χ2v) is 4.71. The summed E-state index contributed by atoms with van der Waals surface area (Å²) in [7, 11) is 0. The molecular formula is C15H13N3O3. The fraction of sp³-hybridized carbons (Fsp3) is 0.200. The smallest absolute Gasteiger partial charge is 0.312 e. The van der Waals surface area contributed by atoms with Crippen LogP contribution in [-0.4, -0.2) is 9.91 Å². The normalized spacial score (nSPS) is 10.0. The molecule has 0 aliphatic carbocycles. The lowest BCUT2D eigenvalue weighted by molar-refractivity contribution is -0.385. The number of nitro groups is 1. The lowest BCUT2D eigenvalue weighted by atomic mass is 10.1. The highest BCUT2D eigenvalue weighted by Crippen LogP contribution is 2.36. The Bertz CT molecular complexity index is 763. The van der Waals surface area contributed by atoms with Crippen molar-refractivity contribution < 1.29 is 9.66 Å². The minimum atomic E-state index is -0.503. The number of rotatable bonds is 3. The Kier molecular flexibility index (Phi) is 3.85. The summed E-state index contributed by atoms with van der Waals surface area (Å²) in [4.78, 5) is 14.7. The van der Waals surface area contributed by atoms with Gasteiger partial charge < -0.3 is 4.74 Å². The lowest BCUT2D eigenvalue weighted by Crippen LogP contribution is -2.00. The Morgan fingerprint density at radius 3 is 2.62 bits per heavy atom. The van der Waals surface area contributed by atoms with E-state index in [1.807, 2.05) is 6.07 Å². The Labute approximate surface area is 121 Å². The summed E-state index contributed by atoms with van der Waals surface area (Å²) in [6.07, 6.45) is 1.50. The quantitative estimate of drug-likeness (QED) is 0.634. The molecule has 0 bridgehead atoms. The van der Waals surface area contributed by atoms with Gasteiger partial charge in [0.25, 0.3) is 0 Å². The minimum Gasteiger partial charge on any atom is -0.430 e. The van der Waals surface area contributed by atoms with Gasteiger partial charge in [0, 0.05) is 12.3 Å². The van der Waals surface area contributed by atoms with E-state index >= 15 is 0 Å². The van der Waals surface area contributed by atoms with Crippen molar-refractivity contribution in [3.05, 3.63) is 56.8 Å². The van der Waals surface area contributed by atoms with Crippen molar-refractivity contribution in [3.63, 3.8) is 0 Å². The fourth-order valence-electron chi connectivity index (χ4n) is 2.04. The van der Waals surface area contributed by atoms with Gasteiger partial charge in [-0.1, -0.05) is 6.07 Å². The van der Waals surface area contributed by atoms with E-state index in [0.717, 1.165) is 5.56 Å². The van der Waals surface area contributed by atoms with Crippen molar-refractivity contribution >= 4 is 5.69 Å². The Morgan fingerprint density at radius 2 is 2.00 bits per heavy atom. The highest BCUT2D eigenvalue weighted by Gasteiger charge is 2.21. The first-order valence-corrected chi connectivity index (χ1v) is 6.23. The molecule has 0 radical (unpaired) electrons. The first-order valence-electron chi connectivity index (χ1n) is 6.23. The van der Waals surface area contributed by atoms with E-state index in [1.54, 1.807) is 32.9 Å². The molecule has 0 fully saturated rings. The number of nitro benzene ring substituents is 1. The van der Waals surface area contributed by atoms with Gasteiger partial charge in [-0.2, -0.15) is 5.26 Å². The molecule has 2 aromatic rings. The monoisotopic (exact) mass is 283 g/mol. The highest BCUT2D eigenvalue weighted by atomic mass is 16.6. The summed E-state index contributed by atoms with van der Waals surface area (Å²) in [5.74, 6) is 0.188. The molecule has 0 aliphatic heterocycles. The average Bonchev–Trinajstić information content (AvgIpc) is 2.41. The second-order valence-electron chi connectivity index (χ2n) is 4.71. The molecule has 1 aromatic carbocycles. The predicted molar refractivity (Wildman–Crippen MR) is 76.3 cm³/mol. The number of nitrogens with zero attached hydrogens (tertiary/aromatic N) is 3. The third-order valence-corrected chi connectivity index (χ3v) is 3.03. The van der Waals surface area contributed by atoms with E-state index in [4.69, 9.17) is 10.00 Å². The highest BCUT2D eigenvalue weighted by molar-refractivity contribution is 5.56. The van der Waals surface area contributed by atoms with Gasteiger partial charge in [-0.05, 0) is 43.5 Å². The summed E-state index contributed by atoms with van der Waals surface area (Å²) in [5.41, 5.74) is 2.22. The molecule has 21 heavy (non-hydrogen) atoms. The summed E-state index contributed by atoms with van der Waals surface area (Å²) in [6, 6.07) is 6.91. The van der Waals surface area contributed by atoms with Crippen LogP contribution in [0.3, 0.4) is 0 Å². The van der Waals surface area contributed by atoms with Gasteiger partial charge in [0.05, 0.1) is 4.92 Å². The Hall–Kier alpha value is -2.94. The topological polar surface area (TPSA) is 89.0 Å². The van der Waals surface area contributed by atoms with Crippen LogP contribution in [0.25, 0.3) is 0 Å². The zero-order valence-electron chi connectivity index (χ0n) is 11.9. The van der Waals surface area contributed by atoms with E-state index < -0.39 is 4.92 Å².